The average Bonchev–Trinajstić information content (AvgIpc) is 3.43. The maximum absolute atomic E-state index is 12.0. The minimum atomic E-state index is -0.0998. The van der Waals surface area contributed by atoms with Gasteiger partial charge in [-0.15, -0.1) is 11.3 Å². The third-order valence-electron chi connectivity index (χ3n) is 6.09. The van der Waals surface area contributed by atoms with Gasteiger partial charge in [-0.1, -0.05) is 12.1 Å². The number of hydrogen-bond donors (Lipinski definition) is 0. The fourth-order valence-electron chi connectivity index (χ4n) is 4.47. The van der Waals surface area contributed by atoms with E-state index in [9.17, 15) is 4.79 Å². The van der Waals surface area contributed by atoms with Crippen LogP contribution in [0.3, 0.4) is 0 Å². The van der Waals surface area contributed by atoms with E-state index in [0.717, 1.165) is 64.4 Å². The van der Waals surface area contributed by atoms with Crippen LogP contribution in [0.2, 0.25) is 0 Å². The second-order valence-corrected chi connectivity index (χ2v) is 9.21. The molecule has 6 nitrogen and oxygen atoms in total. The molecule has 0 amide bonds. The van der Waals surface area contributed by atoms with Crippen LogP contribution < -0.4 is 9.64 Å². The highest BCUT2D eigenvalue weighted by atomic mass is 32.1. The molecule has 2 aromatic rings. The lowest BCUT2D eigenvalue weighted by molar-refractivity contribution is -0.146. The van der Waals surface area contributed by atoms with Crippen molar-refractivity contribution in [2.24, 2.45) is 0 Å². The van der Waals surface area contributed by atoms with Gasteiger partial charge in [-0.05, 0) is 43.7 Å². The number of esters is 1. The van der Waals surface area contributed by atoms with Crippen LogP contribution in [0.4, 0.5) is 5.69 Å². The van der Waals surface area contributed by atoms with Crippen molar-refractivity contribution in [3.63, 3.8) is 0 Å². The van der Waals surface area contributed by atoms with Crippen molar-refractivity contribution in [1.29, 1.82) is 0 Å². The molecule has 2 aliphatic heterocycles. The van der Waals surface area contributed by atoms with Gasteiger partial charge in [-0.3, -0.25) is 14.6 Å². The molecular formula is C23H31N3O3S. The molecule has 1 aromatic heterocycles. The molecule has 2 saturated heterocycles. The van der Waals surface area contributed by atoms with Gasteiger partial charge < -0.3 is 14.4 Å². The number of carbonyl (C=O) groups excluding carboxylic acids is 1. The zero-order valence-electron chi connectivity index (χ0n) is 17.9. The Morgan fingerprint density at radius 2 is 1.73 bits per heavy atom. The molecular weight excluding hydrogens is 398 g/mol. The Balaban J connectivity index is 1.29. The second-order valence-electron chi connectivity index (χ2n) is 7.95. The van der Waals surface area contributed by atoms with E-state index in [1.807, 2.05) is 23.5 Å². The highest BCUT2D eigenvalue weighted by Crippen LogP contribution is 2.29. The number of piperazine rings is 1. The number of thiophene rings is 1. The number of rotatable bonds is 7. The number of anilines is 1. The average molecular weight is 430 g/mol. The summed E-state index contributed by atoms with van der Waals surface area (Å²) >= 11 is 1.87. The molecule has 0 radical (unpaired) electrons. The van der Waals surface area contributed by atoms with Gasteiger partial charge in [0.05, 0.1) is 19.9 Å². The monoisotopic (exact) mass is 429 g/mol. The first-order chi connectivity index (χ1) is 14.7. The van der Waals surface area contributed by atoms with Crippen LogP contribution in [0.15, 0.2) is 36.4 Å². The van der Waals surface area contributed by atoms with Crippen LogP contribution >= 0.6 is 11.3 Å². The number of carbonyl (C=O) groups is 1. The van der Waals surface area contributed by atoms with Gasteiger partial charge in [0.25, 0.3) is 0 Å². The Bertz CT molecular complexity index is 848. The Morgan fingerprint density at radius 1 is 1.00 bits per heavy atom. The molecule has 4 rings (SSSR count). The quantitative estimate of drug-likeness (QED) is 0.630. The summed E-state index contributed by atoms with van der Waals surface area (Å²) in [7, 11) is 3.22. The Morgan fingerprint density at radius 3 is 2.47 bits per heavy atom. The molecule has 0 saturated carbocycles. The predicted molar refractivity (Wildman–Crippen MR) is 120 cm³/mol. The second kappa shape index (κ2) is 9.81. The van der Waals surface area contributed by atoms with Gasteiger partial charge in [0.15, 0.2) is 0 Å². The van der Waals surface area contributed by atoms with Crippen LogP contribution in [-0.4, -0.2) is 68.8 Å². The molecule has 30 heavy (non-hydrogen) atoms. The lowest BCUT2D eigenvalue weighted by atomic mass is 10.2. The summed E-state index contributed by atoms with van der Waals surface area (Å²) in [5.41, 5.74) is 1.18. The number of para-hydroxylation sites is 2. The highest BCUT2D eigenvalue weighted by molar-refractivity contribution is 7.11. The van der Waals surface area contributed by atoms with Crippen molar-refractivity contribution in [2.75, 3.05) is 51.8 Å². The molecule has 0 N–H and O–H groups in total. The molecule has 3 heterocycles. The van der Waals surface area contributed by atoms with Crippen LogP contribution in [-0.2, 0) is 22.6 Å². The fourth-order valence-corrected chi connectivity index (χ4v) is 5.56. The van der Waals surface area contributed by atoms with Gasteiger partial charge in [-0.25, -0.2) is 0 Å². The maximum atomic E-state index is 12.0. The van der Waals surface area contributed by atoms with E-state index < -0.39 is 0 Å². The molecule has 0 spiro atoms. The molecule has 2 aliphatic rings. The standard InChI is InChI=1S/C23H31N3O3S/c1-28-22-8-4-3-6-20(22)25-14-12-24(13-15-25)16-18-9-10-19(30-18)17-26-11-5-7-21(26)23(27)29-2/h3-4,6,8-10,21H,5,7,11-17H2,1-2H3/t21-/m0/s1. The molecule has 0 bridgehead atoms. The third-order valence-corrected chi connectivity index (χ3v) is 7.15. The van der Waals surface area contributed by atoms with E-state index in [0.29, 0.717) is 0 Å². The van der Waals surface area contributed by atoms with Crippen molar-refractivity contribution in [3.8, 4) is 5.75 Å². The van der Waals surface area contributed by atoms with Crippen molar-refractivity contribution >= 4 is 23.0 Å². The summed E-state index contributed by atoms with van der Waals surface area (Å²) in [5, 5.41) is 0. The molecule has 2 fully saturated rings. The summed E-state index contributed by atoms with van der Waals surface area (Å²) in [6.45, 7) is 6.90. The third kappa shape index (κ3) is 4.79. The summed E-state index contributed by atoms with van der Waals surface area (Å²) in [6, 6.07) is 12.6. The van der Waals surface area contributed by atoms with Gasteiger partial charge in [0.2, 0.25) is 0 Å². The van der Waals surface area contributed by atoms with Crippen molar-refractivity contribution < 1.29 is 14.3 Å². The maximum Gasteiger partial charge on any atom is 0.323 e. The number of likely N-dealkylation sites (tertiary alicyclic amines) is 1. The molecule has 162 valence electrons. The molecule has 0 unspecified atom stereocenters. The van der Waals surface area contributed by atoms with E-state index in [2.05, 4.69) is 39.0 Å². The van der Waals surface area contributed by atoms with Crippen LogP contribution in [0.5, 0.6) is 5.75 Å². The van der Waals surface area contributed by atoms with E-state index >= 15 is 0 Å². The molecule has 1 aromatic carbocycles. The first-order valence-corrected chi connectivity index (χ1v) is 11.5. The SMILES string of the molecule is COC(=O)[C@@H]1CCCN1Cc1ccc(CN2CCN(c3ccccc3OC)CC2)s1. The van der Waals surface area contributed by atoms with E-state index in [1.54, 1.807) is 7.11 Å². The smallest absolute Gasteiger partial charge is 0.323 e. The predicted octanol–water partition coefficient (Wildman–Crippen LogP) is 3.22. The molecule has 0 aliphatic carbocycles. The summed E-state index contributed by atoms with van der Waals surface area (Å²) < 4.78 is 10.5. The number of methoxy groups -OCH3 is 2. The Hall–Kier alpha value is -2.09. The van der Waals surface area contributed by atoms with Crippen molar-refractivity contribution in [2.45, 2.75) is 32.0 Å². The summed E-state index contributed by atoms with van der Waals surface area (Å²) in [6.07, 6.45) is 1.97. The van der Waals surface area contributed by atoms with Gasteiger partial charge in [-0.2, -0.15) is 0 Å². The van der Waals surface area contributed by atoms with Crippen molar-refractivity contribution in [3.05, 3.63) is 46.2 Å². The minimum absolute atomic E-state index is 0.0800. The van der Waals surface area contributed by atoms with E-state index in [1.165, 1.54) is 22.6 Å². The fraction of sp³-hybridized carbons (Fsp3) is 0.522. The van der Waals surface area contributed by atoms with Crippen LogP contribution in [0.25, 0.3) is 0 Å². The van der Waals surface area contributed by atoms with Gasteiger partial charge in [0, 0.05) is 49.0 Å². The topological polar surface area (TPSA) is 45.2 Å². The minimum Gasteiger partial charge on any atom is -0.495 e. The highest BCUT2D eigenvalue weighted by Gasteiger charge is 2.31. The van der Waals surface area contributed by atoms with Crippen LogP contribution in [0, 0.1) is 0 Å². The zero-order chi connectivity index (χ0) is 20.9. The first kappa shape index (κ1) is 21.2. The van der Waals surface area contributed by atoms with Crippen LogP contribution in [0.1, 0.15) is 22.6 Å². The number of nitrogens with zero attached hydrogens (tertiary/aromatic N) is 3. The van der Waals surface area contributed by atoms with Gasteiger partial charge >= 0.3 is 5.97 Å². The van der Waals surface area contributed by atoms with E-state index in [4.69, 9.17) is 9.47 Å². The molecule has 7 heteroatoms. The first-order valence-electron chi connectivity index (χ1n) is 10.7. The summed E-state index contributed by atoms with van der Waals surface area (Å²) in [5.74, 6) is 0.846. The van der Waals surface area contributed by atoms with E-state index in [-0.39, 0.29) is 12.0 Å². The number of ether oxygens (including phenoxy) is 2. The lowest BCUT2D eigenvalue weighted by Gasteiger charge is -2.36. The lowest BCUT2D eigenvalue weighted by Crippen LogP contribution is -2.45. The molecule has 1 atom stereocenters. The number of hydrogen-bond acceptors (Lipinski definition) is 7. The Labute approximate surface area is 183 Å². The Kier molecular flexibility index (Phi) is 6.92. The largest absolute Gasteiger partial charge is 0.495 e. The summed E-state index contributed by atoms with van der Waals surface area (Å²) in [4.78, 5) is 21.9. The number of benzene rings is 1. The van der Waals surface area contributed by atoms with Gasteiger partial charge in [0.1, 0.15) is 11.8 Å². The van der Waals surface area contributed by atoms with Crippen molar-refractivity contribution in [1.82, 2.24) is 9.80 Å². The normalized spacial score (nSPS) is 20.5. The zero-order valence-corrected chi connectivity index (χ0v) is 18.7.